The van der Waals surface area contributed by atoms with Crippen LogP contribution >= 0.6 is 15.9 Å². The highest BCUT2D eigenvalue weighted by molar-refractivity contribution is 9.10. The molecule has 0 heterocycles. The summed E-state index contributed by atoms with van der Waals surface area (Å²) in [5, 5.41) is 3.30. The molecule has 0 aliphatic heterocycles. The van der Waals surface area contributed by atoms with Gasteiger partial charge in [-0.15, -0.1) is 0 Å². The van der Waals surface area contributed by atoms with Crippen LogP contribution in [0.1, 0.15) is 38.3 Å². The van der Waals surface area contributed by atoms with E-state index >= 15 is 0 Å². The summed E-state index contributed by atoms with van der Waals surface area (Å²) >= 11 is 3.48. The molecule has 4 nitrogen and oxygen atoms in total. The predicted octanol–water partition coefficient (Wildman–Crippen LogP) is 3.29. The number of nitrogens with zero attached hydrogens (tertiary/aromatic N) is 1. The summed E-state index contributed by atoms with van der Waals surface area (Å²) in [7, 11) is -3.43. The highest BCUT2D eigenvalue weighted by atomic mass is 79.9. The highest BCUT2D eigenvalue weighted by Gasteiger charge is 2.25. The predicted molar refractivity (Wildman–Crippen MR) is 91.0 cm³/mol. The first kappa shape index (κ1) is 18.6. The van der Waals surface area contributed by atoms with Crippen molar-refractivity contribution in [3.05, 3.63) is 27.7 Å². The van der Waals surface area contributed by atoms with Gasteiger partial charge in [0.25, 0.3) is 0 Å². The smallest absolute Gasteiger partial charge is 0.243 e. The Kier molecular flexibility index (Phi) is 7.33. The van der Waals surface area contributed by atoms with Crippen LogP contribution in [0.15, 0.2) is 21.5 Å². The lowest BCUT2D eigenvalue weighted by Crippen LogP contribution is -2.31. The van der Waals surface area contributed by atoms with E-state index in [0.717, 1.165) is 28.6 Å². The van der Waals surface area contributed by atoms with Crippen LogP contribution in [0.4, 0.5) is 0 Å². The van der Waals surface area contributed by atoms with E-state index in [9.17, 15) is 8.42 Å². The molecule has 0 amide bonds. The normalized spacial score (nSPS) is 12.1. The zero-order valence-electron chi connectivity index (χ0n) is 13.2. The summed E-state index contributed by atoms with van der Waals surface area (Å²) in [5.74, 6) is 0. The minimum Gasteiger partial charge on any atom is -0.313 e. The first-order valence-electron chi connectivity index (χ1n) is 7.38. The summed E-state index contributed by atoms with van der Waals surface area (Å²) in [6.45, 7) is 10.2. The monoisotopic (exact) mass is 376 g/mol. The fraction of sp³-hybridized carbons (Fsp3) is 0.600. The quantitative estimate of drug-likeness (QED) is 0.708. The van der Waals surface area contributed by atoms with Crippen LogP contribution in [0, 0.1) is 6.92 Å². The Morgan fingerprint density at radius 1 is 1.19 bits per heavy atom. The third kappa shape index (κ3) is 4.52. The van der Waals surface area contributed by atoms with Crippen LogP contribution in [0.2, 0.25) is 0 Å². The summed E-state index contributed by atoms with van der Waals surface area (Å²) < 4.78 is 27.8. The second-order valence-electron chi connectivity index (χ2n) is 4.97. The van der Waals surface area contributed by atoms with Crippen molar-refractivity contribution >= 4 is 26.0 Å². The fourth-order valence-electron chi connectivity index (χ4n) is 2.19. The van der Waals surface area contributed by atoms with Gasteiger partial charge in [0, 0.05) is 24.1 Å². The van der Waals surface area contributed by atoms with Gasteiger partial charge in [0.15, 0.2) is 0 Å². The van der Waals surface area contributed by atoms with Gasteiger partial charge in [-0.1, -0.05) is 36.7 Å². The van der Waals surface area contributed by atoms with Crippen LogP contribution in [0.25, 0.3) is 0 Å². The number of hydrogen-bond acceptors (Lipinski definition) is 3. The van der Waals surface area contributed by atoms with Crippen molar-refractivity contribution in [1.82, 2.24) is 9.62 Å². The van der Waals surface area contributed by atoms with Crippen LogP contribution in [0.3, 0.4) is 0 Å². The van der Waals surface area contributed by atoms with Crippen molar-refractivity contribution in [2.45, 2.75) is 45.6 Å². The standard InChI is InChI=1S/C15H25BrN2O2S/c1-5-8-17-11-13-9-14(16)12(4)15(10-13)21(19,20)18(6-2)7-3/h9-10,17H,5-8,11H2,1-4H3. The van der Waals surface area contributed by atoms with E-state index in [1.807, 2.05) is 26.8 Å². The van der Waals surface area contributed by atoms with E-state index in [2.05, 4.69) is 28.2 Å². The molecular formula is C15H25BrN2O2S. The minimum atomic E-state index is -3.43. The molecular weight excluding hydrogens is 352 g/mol. The van der Waals surface area contributed by atoms with E-state index in [1.165, 1.54) is 4.31 Å². The van der Waals surface area contributed by atoms with Crippen LogP contribution in [-0.4, -0.2) is 32.4 Å². The van der Waals surface area contributed by atoms with Crippen molar-refractivity contribution in [3.8, 4) is 0 Å². The van der Waals surface area contributed by atoms with E-state index in [0.29, 0.717) is 24.5 Å². The van der Waals surface area contributed by atoms with Gasteiger partial charge in [0.2, 0.25) is 10.0 Å². The average molecular weight is 377 g/mol. The second kappa shape index (κ2) is 8.27. The number of rotatable bonds is 8. The maximum Gasteiger partial charge on any atom is 0.243 e. The lowest BCUT2D eigenvalue weighted by atomic mass is 10.1. The Morgan fingerprint density at radius 2 is 1.81 bits per heavy atom. The highest BCUT2D eigenvalue weighted by Crippen LogP contribution is 2.28. The molecule has 0 spiro atoms. The molecule has 1 N–H and O–H groups in total. The molecule has 0 aromatic heterocycles. The third-order valence-electron chi connectivity index (χ3n) is 3.44. The first-order chi connectivity index (χ1) is 9.88. The number of halogens is 1. The Morgan fingerprint density at radius 3 is 2.33 bits per heavy atom. The van der Waals surface area contributed by atoms with Crippen molar-refractivity contribution < 1.29 is 8.42 Å². The molecule has 6 heteroatoms. The number of benzene rings is 1. The molecule has 0 saturated heterocycles. The molecule has 0 bridgehead atoms. The zero-order chi connectivity index (χ0) is 16.0. The fourth-order valence-corrected chi connectivity index (χ4v) is 4.58. The Bertz CT molecular complexity index is 569. The molecule has 0 atom stereocenters. The molecule has 1 aromatic rings. The molecule has 0 fully saturated rings. The van der Waals surface area contributed by atoms with Gasteiger partial charge in [-0.3, -0.25) is 0 Å². The van der Waals surface area contributed by atoms with Crippen LogP contribution in [-0.2, 0) is 16.6 Å². The van der Waals surface area contributed by atoms with Crippen molar-refractivity contribution in [3.63, 3.8) is 0 Å². The minimum absolute atomic E-state index is 0.397. The van der Waals surface area contributed by atoms with Gasteiger partial charge >= 0.3 is 0 Å². The van der Waals surface area contributed by atoms with Gasteiger partial charge in [0.1, 0.15) is 0 Å². The number of nitrogens with one attached hydrogen (secondary N) is 1. The molecule has 0 aliphatic carbocycles. The molecule has 120 valence electrons. The molecule has 0 aliphatic rings. The van der Waals surface area contributed by atoms with Crippen molar-refractivity contribution in [2.75, 3.05) is 19.6 Å². The van der Waals surface area contributed by atoms with Gasteiger partial charge in [-0.25, -0.2) is 8.42 Å². The van der Waals surface area contributed by atoms with Gasteiger partial charge in [0.05, 0.1) is 4.90 Å². The van der Waals surface area contributed by atoms with E-state index in [1.54, 1.807) is 6.07 Å². The average Bonchev–Trinajstić information content (AvgIpc) is 2.43. The van der Waals surface area contributed by atoms with Crippen LogP contribution in [0.5, 0.6) is 0 Å². The van der Waals surface area contributed by atoms with Crippen molar-refractivity contribution in [1.29, 1.82) is 0 Å². The lowest BCUT2D eigenvalue weighted by Gasteiger charge is -2.21. The molecule has 0 radical (unpaired) electrons. The van der Waals surface area contributed by atoms with Gasteiger partial charge in [-0.2, -0.15) is 4.31 Å². The number of sulfonamides is 1. The summed E-state index contributed by atoms with van der Waals surface area (Å²) in [4.78, 5) is 0.397. The Hall–Kier alpha value is -0.430. The molecule has 0 saturated carbocycles. The Balaban J connectivity index is 3.22. The molecule has 1 rings (SSSR count). The second-order valence-corrected chi connectivity index (χ2v) is 7.73. The SMILES string of the molecule is CCCNCc1cc(Br)c(C)c(S(=O)(=O)N(CC)CC)c1. The molecule has 0 unspecified atom stereocenters. The largest absolute Gasteiger partial charge is 0.313 e. The van der Waals surface area contributed by atoms with Crippen LogP contribution < -0.4 is 5.32 Å². The third-order valence-corrected chi connectivity index (χ3v) is 6.44. The van der Waals surface area contributed by atoms with Gasteiger partial charge < -0.3 is 5.32 Å². The maximum absolute atomic E-state index is 12.7. The summed E-state index contributed by atoms with van der Waals surface area (Å²) in [5.41, 5.74) is 1.74. The topological polar surface area (TPSA) is 49.4 Å². The van der Waals surface area contributed by atoms with E-state index in [4.69, 9.17) is 0 Å². The zero-order valence-corrected chi connectivity index (χ0v) is 15.6. The Labute approximate surface area is 137 Å². The van der Waals surface area contributed by atoms with Gasteiger partial charge in [-0.05, 0) is 43.1 Å². The maximum atomic E-state index is 12.7. The lowest BCUT2D eigenvalue weighted by molar-refractivity contribution is 0.444. The van der Waals surface area contributed by atoms with E-state index < -0.39 is 10.0 Å². The first-order valence-corrected chi connectivity index (χ1v) is 9.61. The number of hydrogen-bond donors (Lipinski definition) is 1. The summed E-state index contributed by atoms with van der Waals surface area (Å²) in [6.07, 6.45) is 1.05. The molecule has 1 aromatic carbocycles. The van der Waals surface area contributed by atoms with Crippen molar-refractivity contribution in [2.24, 2.45) is 0 Å². The molecule has 21 heavy (non-hydrogen) atoms. The summed E-state index contributed by atoms with van der Waals surface area (Å²) in [6, 6.07) is 3.77. The van der Waals surface area contributed by atoms with E-state index in [-0.39, 0.29) is 0 Å².